The number of aromatic nitrogens is 1. The van der Waals surface area contributed by atoms with Crippen LogP contribution < -0.4 is 5.32 Å². The molecule has 1 aromatic carbocycles. The molecule has 2 aromatic rings. The minimum Gasteiger partial charge on any atom is -0.384 e. The zero-order valence-electron chi connectivity index (χ0n) is 10.7. The molecular weight excluding hydrogens is 278 g/mol. The predicted octanol–water partition coefficient (Wildman–Crippen LogP) is 1.96. The Kier molecular flexibility index (Phi) is 4.59. The number of halogens is 2. The molecule has 106 valence electrons. The van der Waals surface area contributed by atoms with Gasteiger partial charge in [0.25, 0.3) is 5.91 Å². The molecule has 4 nitrogen and oxygen atoms in total. The van der Waals surface area contributed by atoms with Crippen molar-refractivity contribution in [3.05, 3.63) is 59.4 Å². The number of hydrogen-bond donors (Lipinski definition) is 2. The highest BCUT2D eigenvalue weighted by atomic mass is 19.1. The molecule has 0 radical (unpaired) electrons. The fraction of sp³-hybridized carbons (Fsp3) is 0.0667. The first-order valence-electron chi connectivity index (χ1n) is 5.92. The molecule has 6 heteroatoms. The molecule has 0 saturated heterocycles. The van der Waals surface area contributed by atoms with Crippen molar-refractivity contribution in [2.24, 2.45) is 0 Å². The zero-order valence-corrected chi connectivity index (χ0v) is 10.7. The molecule has 0 aliphatic carbocycles. The third kappa shape index (κ3) is 3.84. The number of rotatable bonds is 2. The summed E-state index contributed by atoms with van der Waals surface area (Å²) in [5.74, 6) is 2.86. The van der Waals surface area contributed by atoms with E-state index < -0.39 is 17.5 Å². The molecule has 0 atom stereocenters. The van der Waals surface area contributed by atoms with Crippen LogP contribution in [0.25, 0.3) is 0 Å². The van der Waals surface area contributed by atoms with Crippen LogP contribution in [-0.2, 0) is 0 Å². The van der Waals surface area contributed by atoms with Gasteiger partial charge in [-0.15, -0.1) is 0 Å². The first kappa shape index (κ1) is 14.6. The van der Waals surface area contributed by atoms with Gasteiger partial charge in [-0.3, -0.25) is 4.79 Å². The molecule has 0 fully saturated rings. The standard InChI is InChI=1S/C15H10F2N2O2/c16-11-4-6-13(12(17)8-11)19-15(21)14-5-3-10(9-18-14)2-1-7-20/h3-6,8-9,20H,7H2,(H,19,21). The van der Waals surface area contributed by atoms with E-state index in [9.17, 15) is 13.6 Å². The summed E-state index contributed by atoms with van der Waals surface area (Å²) < 4.78 is 26.2. The number of benzene rings is 1. The highest BCUT2D eigenvalue weighted by Gasteiger charge is 2.11. The van der Waals surface area contributed by atoms with E-state index in [1.54, 1.807) is 6.07 Å². The Morgan fingerprint density at radius 1 is 1.29 bits per heavy atom. The fourth-order valence-corrected chi connectivity index (χ4v) is 1.52. The van der Waals surface area contributed by atoms with Crippen LogP contribution in [0.4, 0.5) is 14.5 Å². The van der Waals surface area contributed by atoms with E-state index in [1.807, 2.05) is 0 Å². The summed E-state index contributed by atoms with van der Waals surface area (Å²) in [6, 6.07) is 5.81. The van der Waals surface area contributed by atoms with E-state index in [1.165, 1.54) is 12.3 Å². The fourth-order valence-electron chi connectivity index (χ4n) is 1.52. The van der Waals surface area contributed by atoms with Gasteiger partial charge in [0.2, 0.25) is 0 Å². The molecule has 2 rings (SSSR count). The third-order valence-corrected chi connectivity index (χ3v) is 2.49. The normalized spacial score (nSPS) is 9.67. The molecule has 1 aromatic heterocycles. The van der Waals surface area contributed by atoms with E-state index in [-0.39, 0.29) is 18.0 Å². The van der Waals surface area contributed by atoms with Crippen LogP contribution in [0.5, 0.6) is 0 Å². The lowest BCUT2D eigenvalue weighted by molar-refractivity contribution is 0.102. The lowest BCUT2D eigenvalue weighted by Gasteiger charge is -2.05. The van der Waals surface area contributed by atoms with Gasteiger partial charge in [0.15, 0.2) is 0 Å². The maximum Gasteiger partial charge on any atom is 0.274 e. The lowest BCUT2D eigenvalue weighted by atomic mass is 10.2. The van der Waals surface area contributed by atoms with Crippen LogP contribution in [0.3, 0.4) is 0 Å². The van der Waals surface area contributed by atoms with E-state index in [0.717, 1.165) is 12.1 Å². The quantitative estimate of drug-likeness (QED) is 0.830. The molecule has 21 heavy (non-hydrogen) atoms. The van der Waals surface area contributed by atoms with Crippen LogP contribution in [0.1, 0.15) is 16.1 Å². The van der Waals surface area contributed by atoms with Gasteiger partial charge in [-0.25, -0.2) is 13.8 Å². The van der Waals surface area contributed by atoms with Crippen molar-refractivity contribution in [3.63, 3.8) is 0 Å². The number of carbonyl (C=O) groups is 1. The smallest absolute Gasteiger partial charge is 0.274 e. The largest absolute Gasteiger partial charge is 0.384 e. The van der Waals surface area contributed by atoms with Gasteiger partial charge >= 0.3 is 0 Å². The molecule has 0 bridgehead atoms. The molecule has 0 unspecified atom stereocenters. The highest BCUT2D eigenvalue weighted by molar-refractivity contribution is 6.02. The second-order valence-electron chi connectivity index (χ2n) is 3.97. The Labute approximate surface area is 119 Å². The summed E-state index contributed by atoms with van der Waals surface area (Å²) in [5, 5.41) is 10.9. The van der Waals surface area contributed by atoms with Gasteiger partial charge < -0.3 is 10.4 Å². The molecule has 0 spiro atoms. The third-order valence-electron chi connectivity index (χ3n) is 2.49. The van der Waals surface area contributed by atoms with Gasteiger partial charge in [0.05, 0.1) is 5.69 Å². The topological polar surface area (TPSA) is 62.2 Å². The predicted molar refractivity (Wildman–Crippen MR) is 72.5 cm³/mol. The van der Waals surface area contributed by atoms with Crippen molar-refractivity contribution >= 4 is 11.6 Å². The number of aliphatic hydroxyl groups excluding tert-OH is 1. The van der Waals surface area contributed by atoms with Crippen molar-refractivity contribution in [3.8, 4) is 11.8 Å². The van der Waals surface area contributed by atoms with E-state index in [4.69, 9.17) is 5.11 Å². The Balaban J connectivity index is 2.13. The maximum atomic E-state index is 13.4. The average molecular weight is 288 g/mol. The van der Waals surface area contributed by atoms with Crippen LogP contribution in [0.2, 0.25) is 0 Å². The Bertz CT molecular complexity index is 719. The molecular formula is C15H10F2N2O2. The van der Waals surface area contributed by atoms with Gasteiger partial charge in [-0.05, 0) is 24.3 Å². The molecule has 1 amide bonds. The first-order valence-corrected chi connectivity index (χ1v) is 5.92. The van der Waals surface area contributed by atoms with Gasteiger partial charge in [0.1, 0.15) is 23.9 Å². The van der Waals surface area contributed by atoms with Crippen molar-refractivity contribution < 1.29 is 18.7 Å². The number of carbonyl (C=O) groups excluding carboxylic acids is 1. The van der Waals surface area contributed by atoms with E-state index in [2.05, 4.69) is 22.1 Å². The number of nitrogens with one attached hydrogen (secondary N) is 1. The van der Waals surface area contributed by atoms with Crippen LogP contribution in [0, 0.1) is 23.5 Å². The van der Waals surface area contributed by atoms with Crippen LogP contribution in [0.15, 0.2) is 36.5 Å². The minimum atomic E-state index is -0.867. The molecule has 1 heterocycles. The SMILES string of the molecule is O=C(Nc1ccc(F)cc1F)c1ccc(C#CCO)cn1. The maximum absolute atomic E-state index is 13.4. The Morgan fingerprint density at radius 3 is 2.71 bits per heavy atom. The molecule has 0 aliphatic heterocycles. The molecule has 0 saturated carbocycles. The summed E-state index contributed by atoms with van der Waals surface area (Å²) in [7, 11) is 0. The number of hydrogen-bond acceptors (Lipinski definition) is 3. The second-order valence-corrected chi connectivity index (χ2v) is 3.97. The molecule has 0 aliphatic rings. The summed E-state index contributed by atoms with van der Waals surface area (Å²) in [6.07, 6.45) is 1.36. The lowest BCUT2D eigenvalue weighted by Crippen LogP contribution is -2.14. The number of amides is 1. The number of anilines is 1. The summed E-state index contributed by atoms with van der Waals surface area (Å²) in [5.41, 5.74) is 0.467. The molecule has 2 N–H and O–H groups in total. The van der Waals surface area contributed by atoms with E-state index in [0.29, 0.717) is 11.6 Å². The van der Waals surface area contributed by atoms with Crippen molar-refractivity contribution in [2.75, 3.05) is 11.9 Å². The zero-order chi connectivity index (χ0) is 15.2. The van der Waals surface area contributed by atoms with Gasteiger partial charge in [-0.2, -0.15) is 0 Å². The second kappa shape index (κ2) is 6.59. The van der Waals surface area contributed by atoms with Gasteiger partial charge in [0, 0.05) is 17.8 Å². The van der Waals surface area contributed by atoms with Crippen molar-refractivity contribution in [2.45, 2.75) is 0 Å². The Morgan fingerprint density at radius 2 is 2.10 bits per heavy atom. The van der Waals surface area contributed by atoms with Gasteiger partial charge in [-0.1, -0.05) is 11.8 Å². The average Bonchev–Trinajstić information content (AvgIpc) is 2.48. The summed E-state index contributed by atoms with van der Waals surface area (Å²) >= 11 is 0. The summed E-state index contributed by atoms with van der Waals surface area (Å²) in [4.78, 5) is 15.7. The highest BCUT2D eigenvalue weighted by Crippen LogP contribution is 2.15. The first-order chi connectivity index (χ1) is 10.1. The van der Waals surface area contributed by atoms with Crippen LogP contribution in [-0.4, -0.2) is 22.6 Å². The number of pyridine rings is 1. The van der Waals surface area contributed by atoms with E-state index >= 15 is 0 Å². The van der Waals surface area contributed by atoms with Crippen LogP contribution >= 0.6 is 0 Å². The summed E-state index contributed by atoms with van der Waals surface area (Å²) in [6.45, 7) is -0.272. The monoisotopic (exact) mass is 288 g/mol. The van der Waals surface area contributed by atoms with Crippen molar-refractivity contribution in [1.82, 2.24) is 4.98 Å². The number of aliphatic hydroxyl groups is 1. The minimum absolute atomic E-state index is 0.0632. The van der Waals surface area contributed by atoms with Crippen molar-refractivity contribution in [1.29, 1.82) is 0 Å². The Hall–Kier alpha value is -2.78. The number of nitrogens with zero attached hydrogens (tertiary/aromatic N) is 1.